The zero-order valence-electron chi connectivity index (χ0n) is 14.3. The van der Waals surface area contributed by atoms with E-state index in [-0.39, 0.29) is 0 Å². The lowest BCUT2D eigenvalue weighted by atomic mass is 9.99. The van der Waals surface area contributed by atoms with Crippen molar-refractivity contribution in [3.63, 3.8) is 0 Å². The molecule has 2 aromatic rings. The highest BCUT2D eigenvalue weighted by Crippen LogP contribution is 2.25. The van der Waals surface area contributed by atoms with Crippen molar-refractivity contribution in [2.45, 2.75) is 52.4 Å². The van der Waals surface area contributed by atoms with Gasteiger partial charge in [0.2, 0.25) is 5.91 Å². The molecule has 0 spiro atoms. The number of amides is 1. The number of unbranched alkanes of at least 4 members (excludes halogenated alkanes) is 2. The molecule has 0 fully saturated rings. The summed E-state index contributed by atoms with van der Waals surface area (Å²) in [5.74, 6) is 0.313. The number of carbonyl (C=O) groups excluding carboxylic acids is 1. The smallest absolute Gasteiger partial charge is 0.222 e. The minimum absolute atomic E-state index is 0.313. The van der Waals surface area contributed by atoms with Gasteiger partial charge in [0.15, 0.2) is 0 Å². The lowest BCUT2D eigenvalue weighted by molar-refractivity contribution is -0.131. The molecule has 1 aromatic carbocycles. The standard InChI is InChI=1S/C20H26N2O/c1-3-4-5-10-20(23)22-13-11-17-15(2)16-8-6-7-9-18(16)21-19(17)12-14-22/h6-9H,3-5,10-14H2,1-2H3. The topological polar surface area (TPSA) is 33.2 Å². The van der Waals surface area contributed by atoms with Gasteiger partial charge in [-0.05, 0) is 37.0 Å². The Kier molecular flexibility index (Phi) is 4.94. The van der Waals surface area contributed by atoms with Crippen LogP contribution in [0.2, 0.25) is 0 Å². The minimum atomic E-state index is 0.313. The number of nitrogens with zero attached hydrogens (tertiary/aromatic N) is 2. The molecule has 0 atom stereocenters. The average Bonchev–Trinajstić information content (AvgIpc) is 2.78. The van der Waals surface area contributed by atoms with E-state index in [1.165, 1.54) is 22.2 Å². The summed E-state index contributed by atoms with van der Waals surface area (Å²) in [6.45, 7) is 6.01. The van der Waals surface area contributed by atoms with Gasteiger partial charge in [-0.25, -0.2) is 0 Å². The van der Waals surface area contributed by atoms with Crippen LogP contribution in [0.4, 0.5) is 0 Å². The Hall–Kier alpha value is -1.90. The molecular weight excluding hydrogens is 284 g/mol. The van der Waals surface area contributed by atoms with Crippen molar-refractivity contribution in [1.82, 2.24) is 9.88 Å². The fraction of sp³-hybridized carbons (Fsp3) is 0.500. The largest absolute Gasteiger partial charge is 0.342 e. The fourth-order valence-electron chi connectivity index (χ4n) is 3.55. The molecule has 1 aromatic heterocycles. The number of rotatable bonds is 4. The van der Waals surface area contributed by atoms with Gasteiger partial charge in [0.1, 0.15) is 0 Å². The molecule has 0 unspecified atom stereocenters. The molecule has 0 saturated carbocycles. The summed E-state index contributed by atoms with van der Waals surface area (Å²) >= 11 is 0. The second kappa shape index (κ2) is 7.12. The Morgan fingerprint density at radius 1 is 1.17 bits per heavy atom. The predicted octanol–water partition coefficient (Wildman–Crippen LogP) is 4.05. The first-order chi connectivity index (χ1) is 11.2. The number of hydrogen-bond acceptors (Lipinski definition) is 2. The molecule has 0 bridgehead atoms. The second-order valence-electron chi connectivity index (χ2n) is 6.52. The summed E-state index contributed by atoms with van der Waals surface area (Å²) < 4.78 is 0. The van der Waals surface area contributed by atoms with E-state index in [1.807, 2.05) is 11.0 Å². The molecule has 1 aliphatic rings. The third-order valence-corrected chi connectivity index (χ3v) is 4.96. The summed E-state index contributed by atoms with van der Waals surface area (Å²) in [5, 5.41) is 1.24. The van der Waals surface area contributed by atoms with E-state index in [0.717, 1.165) is 50.7 Å². The van der Waals surface area contributed by atoms with Crippen LogP contribution in [-0.4, -0.2) is 28.9 Å². The minimum Gasteiger partial charge on any atom is -0.342 e. The van der Waals surface area contributed by atoms with Crippen LogP contribution in [0.15, 0.2) is 24.3 Å². The van der Waals surface area contributed by atoms with Gasteiger partial charge >= 0.3 is 0 Å². The van der Waals surface area contributed by atoms with Crippen LogP contribution in [-0.2, 0) is 17.6 Å². The molecule has 122 valence electrons. The van der Waals surface area contributed by atoms with Crippen LogP contribution in [0.5, 0.6) is 0 Å². The first-order valence-corrected chi connectivity index (χ1v) is 8.85. The number of para-hydroxylation sites is 1. The van der Waals surface area contributed by atoms with E-state index < -0.39 is 0 Å². The molecule has 3 rings (SSSR count). The Morgan fingerprint density at radius 2 is 1.96 bits per heavy atom. The van der Waals surface area contributed by atoms with Gasteiger partial charge < -0.3 is 4.90 Å². The maximum atomic E-state index is 12.4. The normalized spacial score (nSPS) is 14.6. The van der Waals surface area contributed by atoms with Crippen LogP contribution in [0.1, 0.15) is 49.4 Å². The summed E-state index contributed by atoms with van der Waals surface area (Å²) in [6.07, 6.45) is 5.82. The van der Waals surface area contributed by atoms with Gasteiger partial charge in [-0.3, -0.25) is 9.78 Å². The number of carbonyl (C=O) groups is 1. The summed E-state index contributed by atoms with van der Waals surface area (Å²) in [4.78, 5) is 19.3. The molecule has 3 heteroatoms. The molecule has 1 amide bonds. The SMILES string of the molecule is CCCCCC(=O)N1CCc2nc3ccccc3c(C)c2CC1. The summed E-state index contributed by atoms with van der Waals surface area (Å²) in [5.41, 5.74) is 4.95. The van der Waals surface area contributed by atoms with E-state index in [9.17, 15) is 4.79 Å². The first-order valence-electron chi connectivity index (χ1n) is 8.85. The number of aryl methyl sites for hydroxylation is 1. The quantitative estimate of drug-likeness (QED) is 0.798. The Labute approximate surface area is 138 Å². The fourth-order valence-corrected chi connectivity index (χ4v) is 3.55. The molecule has 0 radical (unpaired) electrons. The van der Waals surface area contributed by atoms with E-state index in [4.69, 9.17) is 4.98 Å². The highest BCUT2D eigenvalue weighted by Gasteiger charge is 2.21. The Morgan fingerprint density at radius 3 is 2.78 bits per heavy atom. The molecule has 3 nitrogen and oxygen atoms in total. The summed E-state index contributed by atoms with van der Waals surface area (Å²) in [7, 11) is 0. The van der Waals surface area contributed by atoms with Crippen LogP contribution < -0.4 is 0 Å². The second-order valence-corrected chi connectivity index (χ2v) is 6.52. The monoisotopic (exact) mass is 310 g/mol. The highest BCUT2D eigenvalue weighted by molar-refractivity contribution is 5.83. The number of benzene rings is 1. The van der Waals surface area contributed by atoms with Crippen LogP contribution in [0.25, 0.3) is 10.9 Å². The Bertz CT molecular complexity index is 708. The predicted molar refractivity (Wildman–Crippen MR) is 94.6 cm³/mol. The van der Waals surface area contributed by atoms with Crippen molar-refractivity contribution >= 4 is 16.8 Å². The van der Waals surface area contributed by atoms with Gasteiger partial charge in [0, 0.05) is 37.0 Å². The van der Waals surface area contributed by atoms with Crippen molar-refractivity contribution in [1.29, 1.82) is 0 Å². The number of aromatic nitrogens is 1. The first kappa shape index (κ1) is 16.0. The molecule has 0 saturated heterocycles. The lowest BCUT2D eigenvalue weighted by Crippen LogP contribution is -2.33. The third-order valence-electron chi connectivity index (χ3n) is 4.96. The van der Waals surface area contributed by atoms with Gasteiger partial charge in [0.05, 0.1) is 5.52 Å². The lowest BCUT2D eigenvalue weighted by Gasteiger charge is -2.20. The van der Waals surface area contributed by atoms with E-state index in [1.54, 1.807) is 0 Å². The van der Waals surface area contributed by atoms with Crippen LogP contribution in [0.3, 0.4) is 0 Å². The Balaban J connectivity index is 1.79. The third kappa shape index (κ3) is 3.39. The molecule has 2 heterocycles. The van der Waals surface area contributed by atoms with Gasteiger partial charge in [-0.1, -0.05) is 38.0 Å². The van der Waals surface area contributed by atoms with Crippen molar-refractivity contribution in [3.8, 4) is 0 Å². The van der Waals surface area contributed by atoms with Crippen molar-refractivity contribution < 1.29 is 4.79 Å². The number of hydrogen-bond donors (Lipinski definition) is 0. The molecule has 0 aliphatic carbocycles. The van der Waals surface area contributed by atoms with E-state index in [0.29, 0.717) is 12.3 Å². The van der Waals surface area contributed by atoms with Gasteiger partial charge in [-0.15, -0.1) is 0 Å². The number of fused-ring (bicyclic) bond motifs is 2. The maximum absolute atomic E-state index is 12.4. The molecule has 0 N–H and O–H groups in total. The van der Waals surface area contributed by atoms with E-state index in [2.05, 4.69) is 32.0 Å². The number of pyridine rings is 1. The molecule has 23 heavy (non-hydrogen) atoms. The van der Waals surface area contributed by atoms with E-state index >= 15 is 0 Å². The zero-order chi connectivity index (χ0) is 16.2. The molecule has 1 aliphatic heterocycles. The maximum Gasteiger partial charge on any atom is 0.222 e. The molecular formula is C20H26N2O. The van der Waals surface area contributed by atoms with Crippen LogP contribution >= 0.6 is 0 Å². The highest BCUT2D eigenvalue weighted by atomic mass is 16.2. The van der Waals surface area contributed by atoms with Crippen molar-refractivity contribution in [2.24, 2.45) is 0 Å². The zero-order valence-corrected chi connectivity index (χ0v) is 14.3. The van der Waals surface area contributed by atoms with Crippen molar-refractivity contribution in [2.75, 3.05) is 13.1 Å². The summed E-state index contributed by atoms with van der Waals surface area (Å²) in [6, 6.07) is 8.35. The van der Waals surface area contributed by atoms with Gasteiger partial charge in [0.25, 0.3) is 0 Å². The van der Waals surface area contributed by atoms with Gasteiger partial charge in [-0.2, -0.15) is 0 Å². The van der Waals surface area contributed by atoms with Crippen molar-refractivity contribution in [3.05, 3.63) is 41.1 Å². The van der Waals surface area contributed by atoms with Crippen LogP contribution in [0, 0.1) is 6.92 Å². The average molecular weight is 310 g/mol.